The zero-order valence-corrected chi connectivity index (χ0v) is 15.9. The summed E-state index contributed by atoms with van der Waals surface area (Å²) >= 11 is 1.43. The molecule has 2 aromatic heterocycles. The Hall–Kier alpha value is -2.35. The molecule has 0 aromatic carbocycles. The van der Waals surface area contributed by atoms with E-state index in [1.807, 2.05) is 17.5 Å². The molecule has 8 heteroatoms. The summed E-state index contributed by atoms with van der Waals surface area (Å²) < 4.78 is 5.68. The van der Waals surface area contributed by atoms with Crippen molar-refractivity contribution in [1.82, 2.24) is 10.3 Å². The third-order valence-electron chi connectivity index (χ3n) is 3.31. The van der Waals surface area contributed by atoms with Crippen LogP contribution in [0.4, 0.5) is 5.13 Å². The van der Waals surface area contributed by atoms with Crippen LogP contribution >= 0.6 is 11.3 Å². The molecule has 0 spiro atoms. The van der Waals surface area contributed by atoms with Crippen molar-refractivity contribution in [2.75, 3.05) is 11.9 Å². The number of anilines is 1. The van der Waals surface area contributed by atoms with Gasteiger partial charge in [0.1, 0.15) is 11.5 Å². The number of nitrogens with two attached hydrogens (primary N) is 1. The summed E-state index contributed by atoms with van der Waals surface area (Å²) in [5, 5.41) is 8.23. The average molecular weight is 363 g/mol. The van der Waals surface area contributed by atoms with Gasteiger partial charge in [0.05, 0.1) is 6.54 Å². The number of thiazole rings is 1. The maximum Gasteiger partial charge on any atom is 0.217 e. The number of guanidine groups is 1. The molecule has 1 amide bonds. The molecule has 0 aliphatic carbocycles. The van der Waals surface area contributed by atoms with E-state index < -0.39 is 0 Å². The fourth-order valence-corrected chi connectivity index (χ4v) is 2.63. The summed E-state index contributed by atoms with van der Waals surface area (Å²) in [6, 6.07) is 3.65. The second-order valence-corrected chi connectivity index (χ2v) is 7.77. The van der Waals surface area contributed by atoms with Crippen molar-refractivity contribution >= 4 is 28.3 Å². The Balaban J connectivity index is 1.93. The van der Waals surface area contributed by atoms with E-state index in [2.05, 4.69) is 41.4 Å². The van der Waals surface area contributed by atoms with Gasteiger partial charge in [0, 0.05) is 18.8 Å². The van der Waals surface area contributed by atoms with Crippen LogP contribution in [0.25, 0.3) is 11.5 Å². The van der Waals surface area contributed by atoms with Crippen LogP contribution in [0.2, 0.25) is 0 Å². The minimum absolute atomic E-state index is 0.0979. The molecule has 25 heavy (non-hydrogen) atoms. The van der Waals surface area contributed by atoms with Gasteiger partial charge in [-0.1, -0.05) is 20.8 Å². The van der Waals surface area contributed by atoms with Crippen molar-refractivity contribution in [3.63, 3.8) is 0 Å². The molecule has 0 bridgehead atoms. The van der Waals surface area contributed by atoms with Crippen LogP contribution in [-0.2, 0) is 11.3 Å². The first-order chi connectivity index (χ1) is 11.7. The lowest BCUT2D eigenvalue weighted by Gasteiger charge is -2.15. The first-order valence-corrected chi connectivity index (χ1v) is 8.97. The highest BCUT2D eigenvalue weighted by Crippen LogP contribution is 2.26. The van der Waals surface area contributed by atoms with E-state index in [1.54, 1.807) is 0 Å². The predicted molar refractivity (Wildman–Crippen MR) is 102 cm³/mol. The lowest BCUT2D eigenvalue weighted by molar-refractivity contribution is -0.119. The topological polar surface area (TPSA) is 106 Å². The van der Waals surface area contributed by atoms with Crippen molar-refractivity contribution in [3.8, 4) is 11.5 Å². The number of amides is 1. The van der Waals surface area contributed by atoms with E-state index in [0.29, 0.717) is 41.4 Å². The molecule has 4 N–H and O–H groups in total. The maximum absolute atomic E-state index is 10.9. The third kappa shape index (κ3) is 6.58. The lowest BCUT2D eigenvalue weighted by atomic mass is 9.93. The highest BCUT2D eigenvalue weighted by atomic mass is 32.1. The monoisotopic (exact) mass is 363 g/mol. The van der Waals surface area contributed by atoms with Crippen molar-refractivity contribution in [3.05, 3.63) is 23.3 Å². The summed E-state index contributed by atoms with van der Waals surface area (Å²) in [6.07, 6.45) is 0.960. The number of nitrogens with one attached hydrogen (secondary N) is 2. The zero-order valence-electron chi connectivity index (χ0n) is 15.0. The Bertz CT molecular complexity index is 742. The molecule has 2 rings (SSSR count). The number of aliphatic imine (C=N–C) groups is 1. The van der Waals surface area contributed by atoms with Crippen molar-refractivity contribution in [2.24, 2.45) is 16.1 Å². The first-order valence-electron chi connectivity index (χ1n) is 8.09. The highest BCUT2D eigenvalue weighted by Gasteiger charge is 2.11. The second kappa shape index (κ2) is 8.15. The Morgan fingerprint density at radius 3 is 2.84 bits per heavy atom. The van der Waals surface area contributed by atoms with Crippen LogP contribution in [0, 0.1) is 5.41 Å². The van der Waals surface area contributed by atoms with Crippen LogP contribution in [0.5, 0.6) is 0 Å². The smallest absolute Gasteiger partial charge is 0.217 e. The van der Waals surface area contributed by atoms with Crippen LogP contribution in [-0.4, -0.2) is 23.4 Å². The molecular formula is C17H25N5O2S. The summed E-state index contributed by atoms with van der Waals surface area (Å²) in [5.74, 6) is 1.58. The summed E-state index contributed by atoms with van der Waals surface area (Å²) in [4.78, 5) is 19.7. The number of carbonyl (C=O) groups excluding carboxylic acids is 1. The van der Waals surface area contributed by atoms with Gasteiger partial charge in [-0.2, -0.15) is 0 Å². The van der Waals surface area contributed by atoms with Gasteiger partial charge in [-0.25, -0.2) is 4.98 Å². The Labute approximate surface area is 151 Å². The number of nitrogens with zero attached hydrogens (tertiary/aromatic N) is 2. The molecule has 7 nitrogen and oxygen atoms in total. The molecule has 0 saturated carbocycles. The highest BCUT2D eigenvalue weighted by molar-refractivity contribution is 7.14. The number of carbonyl (C=O) groups is 1. The van der Waals surface area contributed by atoms with E-state index in [1.165, 1.54) is 18.3 Å². The van der Waals surface area contributed by atoms with Gasteiger partial charge in [-0.3, -0.25) is 9.79 Å². The van der Waals surface area contributed by atoms with Gasteiger partial charge < -0.3 is 20.8 Å². The maximum atomic E-state index is 10.9. The van der Waals surface area contributed by atoms with Crippen molar-refractivity contribution in [1.29, 1.82) is 0 Å². The normalized spacial score (nSPS) is 12.2. The van der Waals surface area contributed by atoms with E-state index in [9.17, 15) is 4.79 Å². The SMILES string of the molecule is CC(=O)NCc1ccc(-c2csc(NC(N)=NCCC(C)(C)C)n2)o1. The van der Waals surface area contributed by atoms with Gasteiger partial charge >= 0.3 is 0 Å². The Kier molecular flexibility index (Phi) is 6.19. The molecule has 2 heterocycles. The van der Waals surface area contributed by atoms with Gasteiger partial charge in [0.15, 0.2) is 16.9 Å². The first kappa shape index (κ1) is 19.0. The quantitative estimate of drug-likeness (QED) is 0.540. The van der Waals surface area contributed by atoms with Crippen LogP contribution in [0.15, 0.2) is 26.9 Å². The summed E-state index contributed by atoms with van der Waals surface area (Å²) in [6.45, 7) is 9.01. The fourth-order valence-electron chi connectivity index (χ4n) is 1.93. The third-order valence-corrected chi connectivity index (χ3v) is 4.07. The number of rotatable bonds is 6. The van der Waals surface area contributed by atoms with Crippen LogP contribution < -0.4 is 16.4 Å². The van der Waals surface area contributed by atoms with E-state index in [-0.39, 0.29) is 11.3 Å². The average Bonchev–Trinajstić information content (AvgIpc) is 3.12. The number of hydrogen-bond donors (Lipinski definition) is 3. The molecule has 0 unspecified atom stereocenters. The molecule has 0 fully saturated rings. The molecule has 136 valence electrons. The minimum atomic E-state index is -0.0979. The van der Waals surface area contributed by atoms with E-state index in [0.717, 1.165) is 6.42 Å². The van der Waals surface area contributed by atoms with Crippen LogP contribution in [0.3, 0.4) is 0 Å². The van der Waals surface area contributed by atoms with Gasteiger partial charge in [-0.15, -0.1) is 11.3 Å². The van der Waals surface area contributed by atoms with E-state index in [4.69, 9.17) is 10.2 Å². The zero-order chi connectivity index (χ0) is 18.4. The number of aromatic nitrogens is 1. The molecule has 0 saturated heterocycles. The molecule has 0 aliphatic rings. The van der Waals surface area contributed by atoms with E-state index >= 15 is 0 Å². The Morgan fingerprint density at radius 1 is 1.40 bits per heavy atom. The standard InChI is InChI=1S/C17H25N5O2S/c1-11(23)20-9-12-5-6-14(24-12)13-10-25-16(21-13)22-15(18)19-8-7-17(2,3)4/h5-6,10H,7-9H2,1-4H3,(H,20,23)(H3,18,19,21,22). The molecule has 0 aliphatic heterocycles. The van der Waals surface area contributed by atoms with Crippen LogP contribution in [0.1, 0.15) is 39.9 Å². The Morgan fingerprint density at radius 2 is 2.16 bits per heavy atom. The fraction of sp³-hybridized carbons (Fsp3) is 0.471. The number of hydrogen-bond acceptors (Lipinski definition) is 5. The molecular weight excluding hydrogens is 338 g/mol. The van der Waals surface area contributed by atoms with Gasteiger partial charge in [-0.05, 0) is 24.0 Å². The van der Waals surface area contributed by atoms with Gasteiger partial charge in [0.25, 0.3) is 0 Å². The van der Waals surface area contributed by atoms with Crippen molar-refractivity contribution in [2.45, 2.75) is 40.7 Å². The predicted octanol–water partition coefficient (Wildman–Crippen LogP) is 3.20. The van der Waals surface area contributed by atoms with Gasteiger partial charge in [0.2, 0.25) is 5.91 Å². The summed E-state index contributed by atoms with van der Waals surface area (Å²) in [5.41, 5.74) is 6.84. The molecule has 0 radical (unpaired) electrons. The second-order valence-electron chi connectivity index (χ2n) is 6.92. The molecule has 0 atom stereocenters. The number of furan rings is 1. The largest absolute Gasteiger partial charge is 0.458 e. The lowest BCUT2D eigenvalue weighted by Crippen LogP contribution is -2.23. The minimum Gasteiger partial charge on any atom is -0.458 e. The summed E-state index contributed by atoms with van der Waals surface area (Å²) in [7, 11) is 0. The molecule has 2 aromatic rings. The van der Waals surface area contributed by atoms with Crippen molar-refractivity contribution < 1.29 is 9.21 Å².